The number of piperidine rings is 1. The molecule has 98 valence electrons. The molecule has 0 aromatic heterocycles. The Kier molecular flexibility index (Phi) is 4.40. The number of nitrogens with zero attached hydrogens (tertiary/aromatic N) is 2. The first kappa shape index (κ1) is 13.6. The summed E-state index contributed by atoms with van der Waals surface area (Å²) in [6.45, 7) is 2.13. The van der Waals surface area contributed by atoms with Gasteiger partial charge in [-0.1, -0.05) is 0 Å². The van der Waals surface area contributed by atoms with Crippen molar-refractivity contribution in [2.75, 3.05) is 32.1 Å². The van der Waals surface area contributed by atoms with Crippen molar-refractivity contribution in [2.45, 2.75) is 18.9 Å². The average Bonchev–Trinajstić information content (AvgIpc) is 2.38. The third kappa shape index (κ3) is 2.93. The van der Waals surface area contributed by atoms with Crippen molar-refractivity contribution in [2.24, 2.45) is 0 Å². The van der Waals surface area contributed by atoms with E-state index in [-0.39, 0.29) is 0 Å². The molecule has 1 aromatic carbocycles. The van der Waals surface area contributed by atoms with Crippen LogP contribution < -0.4 is 4.90 Å². The lowest BCUT2D eigenvalue weighted by atomic mass is 10.0. The van der Waals surface area contributed by atoms with Gasteiger partial charge in [-0.15, -0.1) is 0 Å². The van der Waals surface area contributed by atoms with Crippen LogP contribution in [0.15, 0.2) is 22.7 Å². The van der Waals surface area contributed by atoms with E-state index in [9.17, 15) is 4.79 Å². The number of halogens is 1. The molecule has 1 atom stereocenters. The number of carbonyl (C=O) groups is 1. The van der Waals surface area contributed by atoms with Gasteiger partial charge in [0.2, 0.25) is 0 Å². The quantitative estimate of drug-likeness (QED) is 0.802. The normalized spacial score (nSPS) is 20.2. The molecule has 0 saturated carbocycles. The molecule has 0 aliphatic carbocycles. The van der Waals surface area contributed by atoms with E-state index in [0.717, 1.165) is 23.8 Å². The van der Waals surface area contributed by atoms with Gasteiger partial charge in [-0.3, -0.25) is 4.79 Å². The zero-order valence-electron chi connectivity index (χ0n) is 10.9. The molecular formula is C14H19BrN2O. The van der Waals surface area contributed by atoms with Crippen molar-refractivity contribution in [1.29, 1.82) is 0 Å². The van der Waals surface area contributed by atoms with Crippen LogP contribution in [-0.2, 0) is 0 Å². The fourth-order valence-electron chi connectivity index (χ4n) is 2.45. The first-order chi connectivity index (χ1) is 8.61. The lowest BCUT2D eigenvalue weighted by molar-refractivity contribution is 0.112. The molecular weight excluding hydrogens is 292 g/mol. The smallest absolute Gasteiger partial charge is 0.150 e. The summed E-state index contributed by atoms with van der Waals surface area (Å²) >= 11 is 3.57. The second kappa shape index (κ2) is 5.85. The van der Waals surface area contributed by atoms with Crippen LogP contribution in [0.3, 0.4) is 0 Å². The van der Waals surface area contributed by atoms with Crippen LogP contribution in [-0.4, -0.2) is 44.4 Å². The Morgan fingerprint density at radius 2 is 2.22 bits per heavy atom. The first-order valence-corrected chi connectivity index (χ1v) is 7.07. The largest absolute Gasteiger partial charge is 0.369 e. The summed E-state index contributed by atoms with van der Waals surface area (Å²) in [6.07, 6.45) is 3.35. The summed E-state index contributed by atoms with van der Waals surface area (Å²) in [5, 5.41) is 0. The number of aldehydes is 1. The van der Waals surface area contributed by atoms with E-state index in [2.05, 4.69) is 39.8 Å². The second-order valence-electron chi connectivity index (χ2n) is 5.03. The molecule has 3 nitrogen and oxygen atoms in total. The maximum Gasteiger partial charge on any atom is 0.150 e. The molecule has 4 heteroatoms. The minimum atomic E-state index is 0.608. The van der Waals surface area contributed by atoms with Crippen molar-refractivity contribution < 1.29 is 4.79 Å². The van der Waals surface area contributed by atoms with E-state index >= 15 is 0 Å². The number of hydrogen-bond donors (Lipinski definition) is 0. The highest BCUT2D eigenvalue weighted by Gasteiger charge is 2.22. The minimum absolute atomic E-state index is 0.608. The van der Waals surface area contributed by atoms with Gasteiger partial charge in [-0.2, -0.15) is 0 Å². The molecule has 1 aromatic rings. The maximum atomic E-state index is 10.7. The Hall–Kier alpha value is -0.870. The van der Waals surface area contributed by atoms with Crippen LogP contribution in [0, 0.1) is 0 Å². The fraction of sp³-hybridized carbons (Fsp3) is 0.500. The molecule has 0 amide bonds. The molecule has 0 radical (unpaired) electrons. The predicted octanol–water partition coefficient (Wildman–Crippen LogP) is 2.79. The van der Waals surface area contributed by atoms with Crippen molar-refractivity contribution in [3.05, 3.63) is 28.2 Å². The summed E-state index contributed by atoms with van der Waals surface area (Å²) in [7, 11) is 4.28. The molecule has 0 bridgehead atoms. The van der Waals surface area contributed by atoms with E-state index in [1.165, 1.54) is 18.5 Å². The third-order valence-electron chi connectivity index (χ3n) is 3.58. The number of benzene rings is 1. The van der Waals surface area contributed by atoms with Gasteiger partial charge in [0, 0.05) is 29.2 Å². The van der Waals surface area contributed by atoms with Crippen LogP contribution in [0.2, 0.25) is 0 Å². The summed E-state index contributed by atoms with van der Waals surface area (Å²) in [5.74, 6) is 0. The zero-order valence-corrected chi connectivity index (χ0v) is 12.5. The molecule has 0 N–H and O–H groups in total. The topological polar surface area (TPSA) is 23.6 Å². The molecule has 1 aliphatic heterocycles. The standard InChI is InChI=1S/C14H19BrN2O/c1-16(2)12-4-3-7-17(9-12)14-6-5-11(10-18)8-13(14)15/h5-6,8,10,12H,3-4,7,9H2,1-2H3. The van der Waals surface area contributed by atoms with E-state index < -0.39 is 0 Å². The van der Waals surface area contributed by atoms with Gasteiger partial charge in [-0.25, -0.2) is 0 Å². The number of anilines is 1. The Labute approximate surface area is 117 Å². The summed E-state index contributed by atoms with van der Waals surface area (Å²) in [4.78, 5) is 15.4. The predicted molar refractivity (Wildman–Crippen MR) is 78.5 cm³/mol. The number of likely N-dealkylation sites (N-methyl/N-ethyl adjacent to an activating group) is 1. The van der Waals surface area contributed by atoms with Gasteiger partial charge in [0.1, 0.15) is 6.29 Å². The van der Waals surface area contributed by atoms with Crippen LogP contribution in [0.4, 0.5) is 5.69 Å². The molecule has 2 rings (SSSR count). The van der Waals surface area contributed by atoms with Crippen molar-refractivity contribution in [1.82, 2.24) is 4.90 Å². The highest BCUT2D eigenvalue weighted by atomic mass is 79.9. The summed E-state index contributed by atoms with van der Waals surface area (Å²) in [6, 6.07) is 6.41. The molecule has 18 heavy (non-hydrogen) atoms. The maximum absolute atomic E-state index is 10.7. The third-order valence-corrected chi connectivity index (χ3v) is 4.21. The number of carbonyl (C=O) groups excluding carboxylic acids is 1. The van der Waals surface area contributed by atoms with Crippen LogP contribution >= 0.6 is 15.9 Å². The molecule has 1 aliphatic rings. The van der Waals surface area contributed by atoms with Crippen LogP contribution in [0.25, 0.3) is 0 Å². The van der Waals surface area contributed by atoms with E-state index in [0.29, 0.717) is 11.6 Å². The van der Waals surface area contributed by atoms with E-state index in [1.807, 2.05) is 18.2 Å². The van der Waals surface area contributed by atoms with Gasteiger partial charge >= 0.3 is 0 Å². The fourth-order valence-corrected chi connectivity index (χ4v) is 3.10. The molecule has 0 spiro atoms. The lowest BCUT2D eigenvalue weighted by Crippen LogP contribution is -2.45. The Morgan fingerprint density at radius 1 is 1.44 bits per heavy atom. The van der Waals surface area contributed by atoms with Crippen molar-refractivity contribution >= 4 is 27.9 Å². The highest BCUT2D eigenvalue weighted by molar-refractivity contribution is 9.10. The van der Waals surface area contributed by atoms with Gasteiger partial charge in [0.25, 0.3) is 0 Å². The summed E-state index contributed by atoms with van der Waals surface area (Å²) in [5.41, 5.74) is 1.90. The monoisotopic (exact) mass is 310 g/mol. The van der Waals surface area contributed by atoms with Crippen LogP contribution in [0.1, 0.15) is 23.2 Å². The second-order valence-corrected chi connectivity index (χ2v) is 5.89. The number of rotatable bonds is 3. The minimum Gasteiger partial charge on any atom is -0.369 e. The molecule has 1 fully saturated rings. The summed E-state index contributed by atoms with van der Waals surface area (Å²) < 4.78 is 1.01. The Balaban J connectivity index is 2.18. The molecule has 1 saturated heterocycles. The lowest BCUT2D eigenvalue weighted by Gasteiger charge is -2.38. The van der Waals surface area contributed by atoms with Gasteiger partial charge in [-0.05, 0) is 61.1 Å². The first-order valence-electron chi connectivity index (χ1n) is 6.28. The van der Waals surface area contributed by atoms with Gasteiger partial charge < -0.3 is 9.80 Å². The van der Waals surface area contributed by atoms with E-state index in [4.69, 9.17) is 0 Å². The zero-order chi connectivity index (χ0) is 13.1. The Bertz CT molecular complexity index is 434. The highest BCUT2D eigenvalue weighted by Crippen LogP contribution is 2.29. The van der Waals surface area contributed by atoms with Crippen molar-refractivity contribution in [3.63, 3.8) is 0 Å². The number of hydrogen-bond acceptors (Lipinski definition) is 3. The Morgan fingerprint density at radius 3 is 2.83 bits per heavy atom. The van der Waals surface area contributed by atoms with Gasteiger partial charge in [0.15, 0.2) is 0 Å². The average molecular weight is 311 g/mol. The van der Waals surface area contributed by atoms with Gasteiger partial charge in [0.05, 0.1) is 5.69 Å². The van der Waals surface area contributed by atoms with E-state index in [1.54, 1.807) is 0 Å². The SMILES string of the molecule is CN(C)C1CCCN(c2ccc(C=O)cc2Br)C1. The van der Waals surface area contributed by atoms with Crippen LogP contribution in [0.5, 0.6) is 0 Å². The van der Waals surface area contributed by atoms with Crippen molar-refractivity contribution in [3.8, 4) is 0 Å². The molecule has 1 unspecified atom stereocenters. The molecule has 1 heterocycles.